The van der Waals surface area contributed by atoms with Crippen molar-refractivity contribution in [2.45, 2.75) is 13.2 Å². The molecule has 9 nitrogen and oxygen atoms in total. The zero-order valence-electron chi connectivity index (χ0n) is 14.5. The largest absolute Gasteiger partial charge is 0.380 e. The fraction of sp³-hybridized carbons (Fsp3) is 0.167. The molecule has 3 rings (SSSR count). The third kappa shape index (κ3) is 4.15. The highest BCUT2D eigenvalue weighted by atomic mass is 16.6. The van der Waals surface area contributed by atoms with Gasteiger partial charge in [-0.15, -0.1) is 0 Å². The van der Waals surface area contributed by atoms with Gasteiger partial charge >= 0.3 is 0 Å². The number of nitro groups is 1. The Balaban J connectivity index is 1.79. The normalized spacial score (nSPS) is 10.6. The van der Waals surface area contributed by atoms with Crippen LogP contribution in [0.15, 0.2) is 55.1 Å². The first kappa shape index (κ1) is 18.2. The maximum absolute atomic E-state index is 12.5. The van der Waals surface area contributed by atoms with Gasteiger partial charge in [0.25, 0.3) is 11.6 Å². The van der Waals surface area contributed by atoms with Gasteiger partial charge in [-0.05, 0) is 23.3 Å². The van der Waals surface area contributed by atoms with Crippen LogP contribution in [0.1, 0.15) is 21.5 Å². The molecule has 0 bridgehead atoms. The van der Waals surface area contributed by atoms with E-state index in [1.54, 1.807) is 7.11 Å². The molecule has 0 saturated heterocycles. The first-order valence-corrected chi connectivity index (χ1v) is 8.07. The minimum absolute atomic E-state index is 0.190. The Hall–Kier alpha value is -3.59. The Morgan fingerprint density at radius 2 is 2.04 bits per heavy atom. The van der Waals surface area contributed by atoms with E-state index in [-0.39, 0.29) is 23.5 Å². The van der Waals surface area contributed by atoms with E-state index in [2.05, 4.69) is 15.4 Å². The lowest BCUT2D eigenvalue weighted by atomic mass is 10.1. The topological polar surface area (TPSA) is 112 Å². The molecule has 0 radical (unpaired) electrons. The Morgan fingerprint density at radius 1 is 1.26 bits per heavy atom. The van der Waals surface area contributed by atoms with Crippen LogP contribution in [0.3, 0.4) is 0 Å². The predicted octanol–water partition coefficient (Wildman–Crippen LogP) is 2.25. The van der Waals surface area contributed by atoms with E-state index in [0.717, 1.165) is 11.1 Å². The number of hydrogen-bond acceptors (Lipinski definition) is 6. The van der Waals surface area contributed by atoms with Gasteiger partial charge in [0.1, 0.15) is 18.3 Å². The molecule has 1 N–H and O–H groups in total. The molecule has 1 aromatic heterocycles. The van der Waals surface area contributed by atoms with Gasteiger partial charge in [0, 0.05) is 25.3 Å². The fourth-order valence-corrected chi connectivity index (χ4v) is 2.64. The molecular weight excluding hydrogens is 350 g/mol. The number of aromatic nitrogens is 3. The summed E-state index contributed by atoms with van der Waals surface area (Å²) in [7, 11) is 1.60. The number of nitrogens with one attached hydrogen (secondary N) is 1. The van der Waals surface area contributed by atoms with E-state index in [1.807, 2.05) is 24.3 Å². The second kappa shape index (κ2) is 8.19. The maximum Gasteiger partial charge on any atom is 0.295 e. The van der Waals surface area contributed by atoms with Gasteiger partial charge in [0.15, 0.2) is 0 Å². The highest BCUT2D eigenvalue weighted by Gasteiger charge is 2.19. The predicted molar refractivity (Wildman–Crippen MR) is 96.3 cm³/mol. The Kier molecular flexibility index (Phi) is 5.53. The number of methoxy groups -OCH3 is 1. The molecule has 27 heavy (non-hydrogen) atoms. The molecule has 9 heteroatoms. The lowest BCUT2D eigenvalue weighted by Gasteiger charge is -2.10. The van der Waals surface area contributed by atoms with E-state index in [0.29, 0.717) is 6.61 Å². The molecule has 0 saturated carbocycles. The second-order valence-electron chi connectivity index (χ2n) is 5.69. The van der Waals surface area contributed by atoms with Crippen molar-refractivity contribution >= 4 is 11.6 Å². The van der Waals surface area contributed by atoms with Gasteiger partial charge in [0.2, 0.25) is 0 Å². The first-order valence-electron chi connectivity index (χ1n) is 8.07. The molecule has 1 amide bonds. The molecular formula is C18H17N5O4. The van der Waals surface area contributed by atoms with Gasteiger partial charge in [-0.25, -0.2) is 9.67 Å². The summed E-state index contributed by atoms with van der Waals surface area (Å²) in [6.07, 6.45) is 2.64. The van der Waals surface area contributed by atoms with Crippen LogP contribution in [-0.2, 0) is 17.9 Å². The highest BCUT2D eigenvalue weighted by molar-refractivity contribution is 5.95. The van der Waals surface area contributed by atoms with Gasteiger partial charge in [0.05, 0.1) is 11.5 Å². The van der Waals surface area contributed by atoms with Gasteiger partial charge in [-0.2, -0.15) is 5.10 Å². The smallest absolute Gasteiger partial charge is 0.295 e. The molecule has 3 aromatic rings. The van der Waals surface area contributed by atoms with Crippen LogP contribution >= 0.6 is 0 Å². The van der Waals surface area contributed by atoms with E-state index in [1.165, 1.54) is 35.5 Å². The monoisotopic (exact) mass is 367 g/mol. The van der Waals surface area contributed by atoms with Crippen LogP contribution in [0.2, 0.25) is 0 Å². The maximum atomic E-state index is 12.5. The summed E-state index contributed by atoms with van der Waals surface area (Å²) in [6, 6.07) is 11.8. The highest BCUT2D eigenvalue weighted by Crippen LogP contribution is 2.23. The molecule has 0 spiro atoms. The van der Waals surface area contributed by atoms with Crippen LogP contribution in [0.5, 0.6) is 0 Å². The zero-order valence-corrected chi connectivity index (χ0v) is 14.5. The minimum Gasteiger partial charge on any atom is -0.380 e. The quantitative estimate of drug-likeness (QED) is 0.506. The SMILES string of the molecule is COCc1ccccc1CNC(=O)c1ccc(-n2cncn2)c([N+](=O)[O-])c1. The summed E-state index contributed by atoms with van der Waals surface area (Å²) in [5, 5.41) is 18.1. The molecule has 1 heterocycles. The van der Waals surface area contributed by atoms with Crippen molar-refractivity contribution in [1.29, 1.82) is 0 Å². The van der Waals surface area contributed by atoms with Crippen molar-refractivity contribution in [3.05, 3.63) is 81.9 Å². The summed E-state index contributed by atoms with van der Waals surface area (Å²) in [4.78, 5) is 27.1. The second-order valence-corrected chi connectivity index (χ2v) is 5.69. The lowest BCUT2D eigenvalue weighted by Crippen LogP contribution is -2.23. The number of nitrogens with zero attached hydrogens (tertiary/aromatic N) is 4. The number of hydrogen-bond donors (Lipinski definition) is 1. The third-order valence-electron chi connectivity index (χ3n) is 3.96. The van der Waals surface area contributed by atoms with Crippen LogP contribution in [0, 0.1) is 10.1 Å². The molecule has 0 aliphatic rings. The number of carbonyl (C=O) groups excluding carboxylic acids is 1. The zero-order chi connectivity index (χ0) is 19.2. The van der Waals surface area contributed by atoms with E-state index < -0.39 is 10.8 Å². The summed E-state index contributed by atoms with van der Waals surface area (Å²) in [5.41, 5.74) is 2.08. The third-order valence-corrected chi connectivity index (χ3v) is 3.96. The standard InChI is InChI=1S/C18H17N5O4/c1-27-10-15-5-3-2-4-14(15)9-20-18(24)13-6-7-16(17(8-13)23(25)26)22-12-19-11-21-22/h2-8,11-12H,9-10H2,1H3,(H,20,24). The van der Waals surface area contributed by atoms with Crippen molar-refractivity contribution in [3.63, 3.8) is 0 Å². The van der Waals surface area contributed by atoms with Crippen molar-refractivity contribution in [2.75, 3.05) is 7.11 Å². The van der Waals surface area contributed by atoms with Gasteiger partial charge in [-0.3, -0.25) is 14.9 Å². The number of rotatable bonds is 7. The molecule has 0 fully saturated rings. The summed E-state index contributed by atoms with van der Waals surface area (Å²) in [6.45, 7) is 0.723. The average Bonchev–Trinajstić information content (AvgIpc) is 3.21. The van der Waals surface area contributed by atoms with Crippen LogP contribution in [0.25, 0.3) is 5.69 Å². The number of carbonyl (C=O) groups is 1. The Labute approximate surface area is 154 Å². The summed E-state index contributed by atoms with van der Waals surface area (Å²) in [5.74, 6) is -0.407. The van der Waals surface area contributed by atoms with Crippen LogP contribution in [0.4, 0.5) is 5.69 Å². The molecule has 2 aromatic carbocycles. The fourth-order valence-electron chi connectivity index (χ4n) is 2.64. The average molecular weight is 367 g/mol. The summed E-state index contributed by atoms with van der Waals surface area (Å²) >= 11 is 0. The minimum atomic E-state index is -0.554. The van der Waals surface area contributed by atoms with E-state index in [4.69, 9.17) is 4.74 Å². The number of ether oxygens (including phenoxy) is 1. The Bertz CT molecular complexity index is 956. The first-order chi connectivity index (χ1) is 13.1. The molecule has 138 valence electrons. The molecule has 0 aliphatic carbocycles. The summed E-state index contributed by atoms with van der Waals surface area (Å²) < 4.78 is 6.43. The van der Waals surface area contributed by atoms with Crippen LogP contribution in [-0.4, -0.2) is 32.7 Å². The Morgan fingerprint density at radius 3 is 2.70 bits per heavy atom. The van der Waals surface area contributed by atoms with E-state index in [9.17, 15) is 14.9 Å². The number of amides is 1. The van der Waals surface area contributed by atoms with Crippen molar-refractivity contribution in [2.24, 2.45) is 0 Å². The van der Waals surface area contributed by atoms with Gasteiger partial charge < -0.3 is 10.1 Å². The lowest BCUT2D eigenvalue weighted by molar-refractivity contribution is -0.384. The van der Waals surface area contributed by atoms with E-state index >= 15 is 0 Å². The number of nitro benzene ring substituents is 1. The van der Waals surface area contributed by atoms with Crippen LogP contribution < -0.4 is 5.32 Å². The van der Waals surface area contributed by atoms with Crippen molar-refractivity contribution in [1.82, 2.24) is 20.1 Å². The van der Waals surface area contributed by atoms with Crippen molar-refractivity contribution in [3.8, 4) is 5.69 Å². The number of benzene rings is 2. The molecule has 0 aliphatic heterocycles. The van der Waals surface area contributed by atoms with Gasteiger partial charge in [-0.1, -0.05) is 24.3 Å². The van der Waals surface area contributed by atoms with Crippen molar-refractivity contribution < 1.29 is 14.5 Å². The molecule has 0 atom stereocenters. The molecule has 0 unspecified atom stereocenters.